The highest BCUT2D eigenvalue weighted by Crippen LogP contribution is 2.36. The van der Waals surface area contributed by atoms with Gasteiger partial charge in [0.1, 0.15) is 0 Å². The van der Waals surface area contributed by atoms with E-state index in [-0.39, 0.29) is 6.42 Å². The first-order valence-corrected chi connectivity index (χ1v) is 7.00. The van der Waals surface area contributed by atoms with Gasteiger partial charge in [-0.2, -0.15) is 0 Å². The molecule has 1 saturated heterocycles. The van der Waals surface area contributed by atoms with Crippen LogP contribution in [0.2, 0.25) is 0 Å². The summed E-state index contributed by atoms with van der Waals surface area (Å²) in [6.45, 7) is 9.72. The number of aliphatic carboxylic acids is 1. The van der Waals surface area contributed by atoms with Crippen molar-refractivity contribution in [3.63, 3.8) is 0 Å². The summed E-state index contributed by atoms with van der Waals surface area (Å²) in [6, 6.07) is 3.60. The molecule has 0 atom stereocenters. The molecule has 3 N–H and O–H groups in total. The molecular formula is C15H22BNO4. The van der Waals surface area contributed by atoms with Crippen LogP contribution in [0.3, 0.4) is 0 Å². The van der Waals surface area contributed by atoms with E-state index in [0.717, 1.165) is 11.0 Å². The molecule has 1 aromatic carbocycles. The summed E-state index contributed by atoms with van der Waals surface area (Å²) in [5.41, 5.74) is 7.90. The Morgan fingerprint density at radius 1 is 1.24 bits per heavy atom. The number of nitrogen functional groups attached to an aromatic ring is 1. The number of carboxylic acid groups (broad SMARTS) is 1. The molecule has 0 unspecified atom stereocenters. The Morgan fingerprint density at radius 2 is 1.76 bits per heavy atom. The first-order chi connectivity index (χ1) is 9.53. The molecule has 114 valence electrons. The van der Waals surface area contributed by atoms with Crippen molar-refractivity contribution in [2.45, 2.75) is 52.2 Å². The molecule has 6 heteroatoms. The molecular weight excluding hydrogens is 269 g/mol. The second-order valence-electron chi connectivity index (χ2n) is 6.55. The number of rotatable bonds is 3. The van der Waals surface area contributed by atoms with Crippen molar-refractivity contribution in [3.05, 3.63) is 23.3 Å². The van der Waals surface area contributed by atoms with Gasteiger partial charge in [0, 0.05) is 5.69 Å². The van der Waals surface area contributed by atoms with Crippen molar-refractivity contribution < 1.29 is 19.2 Å². The number of benzene rings is 1. The minimum absolute atomic E-state index is 0.0661. The van der Waals surface area contributed by atoms with Gasteiger partial charge in [-0.3, -0.25) is 4.79 Å². The van der Waals surface area contributed by atoms with Crippen molar-refractivity contribution in [1.29, 1.82) is 0 Å². The van der Waals surface area contributed by atoms with Gasteiger partial charge >= 0.3 is 13.1 Å². The lowest BCUT2D eigenvalue weighted by atomic mass is 9.77. The Balaban J connectivity index is 2.38. The largest absolute Gasteiger partial charge is 0.494 e. The Hall–Kier alpha value is -1.53. The van der Waals surface area contributed by atoms with Crippen LogP contribution >= 0.6 is 0 Å². The number of hydrogen-bond donors (Lipinski definition) is 2. The van der Waals surface area contributed by atoms with Gasteiger partial charge in [0.05, 0.1) is 17.6 Å². The molecule has 0 amide bonds. The van der Waals surface area contributed by atoms with Crippen molar-refractivity contribution in [3.8, 4) is 0 Å². The van der Waals surface area contributed by atoms with Crippen LogP contribution in [0.15, 0.2) is 12.1 Å². The Bertz CT molecular complexity index is 567. The number of hydrogen-bond acceptors (Lipinski definition) is 4. The lowest BCUT2D eigenvalue weighted by Crippen LogP contribution is -2.41. The van der Waals surface area contributed by atoms with Crippen molar-refractivity contribution in [2.24, 2.45) is 0 Å². The van der Waals surface area contributed by atoms with Crippen molar-refractivity contribution >= 4 is 24.2 Å². The second kappa shape index (κ2) is 5.03. The molecule has 21 heavy (non-hydrogen) atoms. The third-order valence-electron chi connectivity index (χ3n) is 4.44. The highest BCUT2D eigenvalue weighted by atomic mass is 16.7. The van der Waals surface area contributed by atoms with Gasteiger partial charge < -0.3 is 20.1 Å². The lowest BCUT2D eigenvalue weighted by Gasteiger charge is -2.32. The predicted octanol–water partition coefficient (Wildman–Crippen LogP) is 1.50. The highest BCUT2D eigenvalue weighted by molar-refractivity contribution is 6.62. The second-order valence-corrected chi connectivity index (χ2v) is 6.55. The smallest absolute Gasteiger partial charge is 0.481 e. The average Bonchev–Trinajstić information content (AvgIpc) is 2.53. The highest BCUT2D eigenvalue weighted by Gasteiger charge is 2.51. The van der Waals surface area contributed by atoms with Gasteiger partial charge in [-0.15, -0.1) is 0 Å². The van der Waals surface area contributed by atoms with Gasteiger partial charge in [0.15, 0.2) is 0 Å². The maximum atomic E-state index is 11.0. The van der Waals surface area contributed by atoms with E-state index in [1.165, 1.54) is 0 Å². The molecule has 0 spiro atoms. The summed E-state index contributed by atoms with van der Waals surface area (Å²) in [5.74, 6) is -0.886. The monoisotopic (exact) mass is 291 g/mol. The number of anilines is 1. The molecule has 1 aliphatic rings. The fourth-order valence-electron chi connectivity index (χ4n) is 2.29. The Morgan fingerprint density at radius 3 is 2.24 bits per heavy atom. The van der Waals surface area contributed by atoms with E-state index >= 15 is 0 Å². The molecule has 0 radical (unpaired) electrons. The summed E-state index contributed by atoms with van der Waals surface area (Å²) in [4.78, 5) is 11.0. The fraction of sp³-hybridized carbons (Fsp3) is 0.533. The van der Waals surface area contributed by atoms with Gasteiger partial charge in [0.2, 0.25) is 0 Å². The fourth-order valence-corrected chi connectivity index (χ4v) is 2.29. The SMILES string of the molecule is Cc1c(N)cc(B2OC(C)(C)C(C)(C)O2)cc1CC(=O)O. The minimum atomic E-state index is -0.886. The first-order valence-electron chi connectivity index (χ1n) is 7.00. The van der Waals surface area contributed by atoms with Crippen LogP contribution in [-0.4, -0.2) is 29.4 Å². The van der Waals surface area contributed by atoms with Gasteiger partial charge in [-0.25, -0.2) is 0 Å². The van der Waals surface area contributed by atoms with E-state index < -0.39 is 24.3 Å². The van der Waals surface area contributed by atoms with Crippen LogP contribution in [0.25, 0.3) is 0 Å². The molecule has 5 nitrogen and oxygen atoms in total. The van der Waals surface area contributed by atoms with Crippen LogP contribution in [0, 0.1) is 6.92 Å². The topological polar surface area (TPSA) is 81.8 Å². The maximum absolute atomic E-state index is 11.0. The van der Waals surface area contributed by atoms with Crippen molar-refractivity contribution in [1.82, 2.24) is 0 Å². The summed E-state index contributed by atoms with van der Waals surface area (Å²) >= 11 is 0. The minimum Gasteiger partial charge on any atom is -0.481 e. The van der Waals surface area contributed by atoms with Gasteiger partial charge in [-0.05, 0) is 57.3 Å². The summed E-state index contributed by atoms with van der Waals surface area (Å²) in [7, 11) is -0.537. The quantitative estimate of drug-likeness (QED) is 0.651. The molecule has 1 fully saturated rings. The van der Waals surface area contributed by atoms with E-state index in [1.807, 2.05) is 40.7 Å². The zero-order chi connectivity index (χ0) is 16.0. The summed E-state index contributed by atoms with van der Waals surface area (Å²) in [6.07, 6.45) is -0.0661. The maximum Gasteiger partial charge on any atom is 0.494 e. The first kappa shape index (κ1) is 15.9. The normalized spacial score (nSPS) is 19.8. The molecule has 1 aliphatic heterocycles. The van der Waals surface area contributed by atoms with Crippen LogP contribution in [0.5, 0.6) is 0 Å². The third kappa shape index (κ3) is 2.92. The summed E-state index contributed by atoms with van der Waals surface area (Å²) in [5, 5.41) is 9.00. The Kier molecular flexibility index (Phi) is 3.80. The average molecular weight is 291 g/mol. The van der Waals surface area contributed by atoms with Gasteiger partial charge in [-0.1, -0.05) is 6.07 Å². The van der Waals surface area contributed by atoms with E-state index in [4.69, 9.17) is 20.1 Å². The molecule has 0 aromatic heterocycles. The van der Waals surface area contributed by atoms with Crippen LogP contribution in [-0.2, 0) is 20.5 Å². The van der Waals surface area contributed by atoms with Crippen molar-refractivity contribution in [2.75, 3.05) is 5.73 Å². The van der Waals surface area contributed by atoms with E-state index in [9.17, 15) is 4.79 Å². The third-order valence-corrected chi connectivity index (χ3v) is 4.44. The molecule has 1 aromatic rings. The Labute approximate surface area is 125 Å². The molecule has 0 saturated carbocycles. The number of carboxylic acids is 1. The van der Waals surface area contributed by atoms with Crippen LogP contribution in [0.1, 0.15) is 38.8 Å². The molecule has 2 rings (SSSR count). The van der Waals surface area contributed by atoms with Crippen LogP contribution in [0.4, 0.5) is 5.69 Å². The molecule has 0 bridgehead atoms. The van der Waals surface area contributed by atoms with E-state index in [2.05, 4.69) is 0 Å². The van der Waals surface area contributed by atoms with Gasteiger partial charge in [0.25, 0.3) is 0 Å². The lowest BCUT2D eigenvalue weighted by molar-refractivity contribution is -0.136. The number of carbonyl (C=O) groups is 1. The summed E-state index contributed by atoms with van der Waals surface area (Å²) < 4.78 is 12.0. The van der Waals surface area contributed by atoms with E-state index in [0.29, 0.717) is 11.3 Å². The number of nitrogens with two attached hydrogens (primary N) is 1. The standard InChI is InChI=1S/C15H22BNO4/c1-9-10(7-13(18)19)6-11(8-12(9)17)16-20-14(2,3)15(4,5)21-16/h6,8H,7,17H2,1-5H3,(H,18,19). The predicted molar refractivity (Wildman–Crippen MR) is 82.6 cm³/mol. The zero-order valence-electron chi connectivity index (χ0n) is 13.2. The van der Waals surface area contributed by atoms with Crippen LogP contribution < -0.4 is 11.2 Å². The van der Waals surface area contributed by atoms with E-state index in [1.54, 1.807) is 6.07 Å². The zero-order valence-corrected chi connectivity index (χ0v) is 13.2. The molecule has 1 heterocycles. The molecule has 0 aliphatic carbocycles.